The van der Waals surface area contributed by atoms with Gasteiger partial charge in [0.25, 0.3) is 0 Å². The van der Waals surface area contributed by atoms with Gasteiger partial charge in [0, 0.05) is 6.54 Å². The van der Waals surface area contributed by atoms with Crippen molar-refractivity contribution in [1.82, 2.24) is 5.32 Å². The highest BCUT2D eigenvalue weighted by atomic mass is 35.5. The van der Waals surface area contributed by atoms with Crippen molar-refractivity contribution < 1.29 is 21.5 Å². The maximum atomic E-state index is 12.8. The van der Waals surface area contributed by atoms with Crippen molar-refractivity contribution >= 4 is 0 Å². The van der Waals surface area contributed by atoms with Crippen LogP contribution in [0.5, 0.6) is 5.75 Å². The van der Waals surface area contributed by atoms with Gasteiger partial charge in [0.1, 0.15) is 11.6 Å². The number of ether oxygens (including phenoxy) is 1. The lowest BCUT2D eigenvalue weighted by Gasteiger charge is -2.07. The van der Waals surface area contributed by atoms with E-state index in [1.54, 1.807) is 0 Å². The van der Waals surface area contributed by atoms with E-state index in [1.807, 2.05) is 31.2 Å². The first-order valence-corrected chi connectivity index (χ1v) is 6.95. The van der Waals surface area contributed by atoms with Crippen LogP contribution in [0.1, 0.15) is 18.1 Å². The number of benzene rings is 2. The summed E-state index contributed by atoms with van der Waals surface area (Å²) in [7, 11) is 0. The van der Waals surface area contributed by atoms with Gasteiger partial charge in [-0.05, 0) is 55.3 Å². The summed E-state index contributed by atoms with van der Waals surface area (Å²) in [5.74, 6) is 0.721. The number of halogens is 2. The third-order valence-corrected chi connectivity index (χ3v) is 3.07. The molecule has 0 unspecified atom stereocenters. The van der Waals surface area contributed by atoms with Crippen LogP contribution in [-0.4, -0.2) is 13.2 Å². The SMILES string of the molecule is CCOc1ccc(CNCCc2ccc(F)cc2)cc1.[Cl-]. The van der Waals surface area contributed by atoms with Gasteiger partial charge < -0.3 is 22.5 Å². The normalized spacial score (nSPS) is 10.0. The molecular formula is C17H20ClFNO-. The predicted molar refractivity (Wildman–Crippen MR) is 79.4 cm³/mol. The van der Waals surface area contributed by atoms with Gasteiger partial charge in [0.05, 0.1) is 6.61 Å². The second kappa shape index (κ2) is 9.37. The number of hydrogen-bond donors (Lipinski definition) is 1. The second-order valence-corrected chi connectivity index (χ2v) is 4.63. The lowest BCUT2D eigenvalue weighted by atomic mass is 10.1. The van der Waals surface area contributed by atoms with Crippen LogP contribution in [0.25, 0.3) is 0 Å². The molecule has 0 spiro atoms. The fourth-order valence-electron chi connectivity index (χ4n) is 1.99. The van der Waals surface area contributed by atoms with Gasteiger partial charge in [-0.2, -0.15) is 0 Å². The number of nitrogens with one attached hydrogen (secondary N) is 1. The molecule has 114 valence electrons. The molecule has 1 N–H and O–H groups in total. The van der Waals surface area contributed by atoms with Crippen molar-refractivity contribution in [3.8, 4) is 5.75 Å². The molecule has 2 aromatic rings. The third-order valence-electron chi connectivity index (χ3n) is 3.07. The van der Waals surface area contributed by atoms with Gasteiger partial charge in [0.2, 0.25) is 0 Å². The summed E-state index contributed by atoms with van der Waals surface area (Å²) in [5, 5.41) is 3.38. The maximum Gasteiger partial charge on any atom is 0.123 e. The van der Waals surface area contributed by atoms with Crippen LogP contribution in [0.2, 0.25) is 0 Å². The Labute approximate surface area is 131 Å². The van der Waals surface area contributed by atoms with Crippen LogP contribution >= 0.6 is 0 Å². The lowest BCUT2D eigenvalue weighted by Crippen LogP contribution is -3.00. The van der Waals surface area contributed by atoms with Gasteiger partial charge in [-0.15, -0.1) is 0 Å². The molecule has 0 aliphatic rings. The Bertz CT molecular complexity index is 513. The quantitative estimate of drug-likeness (QED) is 0.755. The Morgan fingerprint density at radius 1 is 0.952 bits per heavy atom. The summed E-state index contributed by atoms with van der Waals surface area (Å²) in [5.41, 5.74) is 2.37. The molecule has 0 saturated heterocycles. The standard InChI is InChI=1S/C17H20FNO.ClH/c1-2-20-17-9-5-15(6-10-17)13-19-12-11-14-3-7-16(18)8-4-14;/h3-10,19H,2,11-13H2,1H3;1H/p-1. The van der Waals surface area contributed by atoms with Crippen LogP contribution < -0.4 is 22.5 Å². The first kappa shape index (κ1) is 17.5. The van der Waals surface area contributed by atoms with Gasteiger partial charge in [-0.3, -0.25) is 0 Å². The van der Waals surface area contributed by atoms with E-state index in [4.69, 9.17) is 4.74 Å². The largest absolute Gasteiger partial charge is 1.00 e. The summed E-state index contributed by atoms with van der Waals surface area (Å²) in [6.07, 6.45) is 0.900. The minimum Gasteiger partial charge on any atom is -1.00 e. The van der Waals surface area contributed by atoms with Gasteiger partial charge in [-0.25, -0.2) is 4.39 Å². The number of rotatable bonds is 7. The maximum absolute atomic E-state index is 12.8. The molecule has 0 aromatic heterocycles. The Kier molecular flexibility index (Phi) is 7.80. The highest BCUT2D eigenvalue weighted by Crippen LogP contribution is 2.11. The average Bonchev–Trinajstić information content (AvgIpc) is 2.47. The van der Waals surface area contributed by atoms with E-state index < -0.39 is 0 Å². The lowest BCUT2D eigenvalue weighted by molar-refractivity contribution is -0.00000531. The topological polar surface area (TPSA) is 21.3 Å². The first-order valence-electron chi connectivity index (χ1n) is 6.95. The minimum absolute atomic E-state index is 0. The summed E-state index contributed by atoms with van der Waals surface area (Å²) < 4.78 is 18.2. The van der Waals surface area contributed by atoms with Crippen LogP contribution in [0.15, 0.2) is 48.5 Å². The van der Waals surface area contributed by atoms with E-state index >= 15 is 0 Å². The Morgan fingerprint density at radius 2 is 1.57 bits per heavy atom. The van der Waals surface area contributed by atoms with E-state index in [2.05, 4.69) is 17.4 Å². The van der Waals surface area contributed by atoms with Gasteiger partial charge in [0.15, 0.2) is 0 Å². The van der Waals surface area contributed by atoms with E-state index in [-0.39, 0.29) is 18.2 Å². The van der Waals surface area contributed by atoms with E-state index in [0.29, 0.717) is 6.61 Å². The zero-order valence-electron chi connectivity index (χ0n) is 12.1. The second-order valence-electron chi connectivity index (χ2n) is 4.63. The molecular weight excluding hydrogens is 289 g/mol. The number of hydrogen-bond acceptors (Lipinski definition) is 2. The van der Waals surface area contributed by atoms with Crippen molar-refractivity contribution in [3.63, 3.8) is 0 Å². The van der Waals surface area contributed by atoms with Crippen LogP contribution in [0, 0.1) is 5.82 Å². The molecule has 0 aliphatic heterocycles. The molecule has 0 aliphatic carbocycles. The van der Waals surface area contributed by atoms with Crippen molar-refractivity contribution in [2.45, 2.75) is 19.9 Å². The summed E-state index contributed by atoms with van der Waals surface area (Å²) in [4.78, 5) is 0. The molecule has 0 radical (unpaired) electrons. The molecule has 0 saturated carbocycles. The highest BCUT2D eigenvalue weighted by molar-refractivity contribution is 5.27. The summed E-state index contributed by atoms with van der Waals surface area (Å²) in [6.45, 7) is 4.37. The average molecular weight is 309 g/mol. The first-order chi connectivity index (χ1) is 9.78. The summed E-state index contributed by atoms with van der Waals surface area (Å²) in [6, 6.07) is 14.8. The summed E-state index contributed by atoms with van der Waals surface area (Å²) >= 11 is 0. The van der Waals surface area contributed by atoms with E-state index in [9.17, 15) is 4.39 Å². The molecule has 4 heteroatoms. The minimum atomic E-state index is -0.184. The Morgan fingerprint density at radius 3 is 2.19 bits per heavy atom. The molecule has 0 heterocycles. The molecule has 2 aromatic carbocycles. The molecule has 21 heavy (non-hydrogen) atoms. The molecule has 0 atom stereocenters. The van der Waals surface area contributed by atoms with Crippen LogP contribution in [0.3, 0.4) is 0 Å². The van der Waals surface area contributed by atoms with Crippen LogP contribution in [-0.2, 0) is 13.0 Å². The van der Waals surface area contributed by atoms with Gasteiger partial charge in [-0.1, -0.05) is 24.3 Å². The monoisotopic (exact) mass is 308 g/mol. The van der Waals surface area contributed by atoms with Crippen molar-refractivity contribution in [2.24, 2.45) is 0 Å². The fourth-order valence-corrected chi connectivity index (χ4v) is 1.99. The zero-order chi connectivity index (χ0) is 14.2. The highest BCUT2D eigenvalue weighted by Gasteiger charge is 1.96. The molecule has 0 fully saturated rings. The molecule has 0 amide bonds. The molecule has 2 nitrogen and oxygen atoms in total. The van der Waals surface area contributed by atoms with Crippen molar-refractivity contribution in [2.75, 3.05) is 13.2 Å². The van der Waals surface area contributed by atoms with Crippen LogP contribution in [0.4, 0.5) is 4.39 Å². The molecule has 0 bridgehead atoms. The van der Waals surface area contributed by atoms with E-state index in [1.165, 1.54) is 17.7 Å². The molecule has 2 rings (SSSR count). The predicted octanol–water partition coefficient (Wildman–Crippen LogP) is 0.561. The zero-order valence-corrected chi connectivity index (χ0v) is 12.9. The Balaban J connectivity index is 0.00000220. The van der Waals surface area contributed by atoms with Gasteiger partial charge >= 0.3 is 0 Å². The van der Waals surface area contributed by atoms with E-state index in [0.717, 1.165) is 30.8 Å². The Hall–Kier alpha value is -1.58. The third kappa shape index (κ3) is 6.15. The smallest absolute Gasteiger partial charge is 0.123 e. The fraction of sp³-hybridized carbons (Fsp3) is 0.294. The van der Waals surface area contributed by atoms with Crippen molar-refractivity contribution in [3.05, 3.63) is 65.5 Å². The van der Waals surface area contributed by atoms with Crippen molar-refractivity contribution in [1.29, 1.82) is 0 Å².